The molecule has 3 aromatic heterocycles. The lowest BCUT2D eigenvalue weighted by Crippen LogP contribution is -2.50. The highest BCUT2D eigenvalue weighted by atomic mass is 32.1. The maximum atomic E-state index is 13.4. The van der Waals surface area contributed by atoms with Crippen molar-refractivity contribution in [2.75, 3.05) is 18.4 Å². The minimum Gasteiger partial charge on any atom is -0.348 e. The molecular formula is C27H28N6O2S. The first kappa shape index (κ1) is 24.0. The molecule has 36 heavy (non-hydrogen) atoms. The third-order valence-corrected chi connectivity index (χ3v) is 7.32. The zero-order chi connectivity index (χ0) is 25.4. The highest BCUT2D eigenvalue weighted by Crippen LogP contribution is 2.30. The first-order chi connectivity index (χ1) is 17.3. The molecule has 4 aromatic rings. The summed E-state index contributed by atoms with van der Waals surface area (Å²) >= 11 is 1.42. The van der Waals surface area contributed by atoms with Gasteiger partial charge < -0.3 is 10.2 Å². The third kappa shape index (κ3) is 4.97. The number of likely N-dealkylation sites (tertiary alicyclic amines) is 1. The molecule has 1 aliphatic rings. The first-order valence-corrected chi connectivity index (χ1v) is 12.8. The molecule has 184 valence electrons. The number of amides is 1. The summed E-state index contributed by atoms with van der Waals surface area (Å²) in [4.78, 5) is 45.8. The molecule has 8 nitrogen and oxygen atoms in total. The van der Waals surface area contributed by atoms with Gasteiger partial charge in [-0.15, -0.1) is 11.3 Å². The van der Waals surface area contributed by atoms with Gasteiger partial charge in [-0.3, -0.25) is 14.6 Å². The van der Waals surface area contributed by atoms with E-state index in [1.54, 1.807) is 17.3 Å². The van der Waals surface area contributed by atoms with Crippen LogP contribution < -0.4 is 5.32 Å². The second kappa shape index (κ2) is 9.73. The predicted molar refractivity (Wildman–Crippen MR) is 140 cm³/mol. The molecule has 0 radical (unpaired) electrons. The fourth-order valence-corrected chi connectivity index (χ4v) is 5.42. The molecule has 1 atom stereocenters. The van der Waals surface area contributed by atoms with Crippen LogP contribution in [0.2, 0.25) is 0 Å². The van der Waals surface area contributed by atoms with Gasteiger partial charge in [0.25, 0.3) is 5.91 Å². The maximum Gasteiger partial charge on any atom is 0.274 e. The van der Waals surface area contributed by atoms with E-state index in [0.29, 0.717) is 41.5 Å². The maximum absolute atomic E-state index is 13.4. The fourth-order valence-electron chi connectivity index (χ4n) is 4.58. The van der Waals surface area contributed by atoms with Crippen LogP contribution >= 0.6 is 11.3 Å². The molecule has 9 heteroatoms. The monoisotopic (exact) mass is 500 g/mol. The van der Waals surface area contributed by atoms with Gasteiger partial charge in [-0.05, 0) is 51.5 Å². The van der Waals surface area contributed by atoms with Gasteiger partial charge in [0.05, 0.1) is 11.0 Å². The number of aryl methyl sites for hydroxylation is 3. The molecule has 0 saturated carbocycles. The second-order valence-corrected chi connectivity index (χ2v) is 10.7. The number of hydrogen-bond acceptors (Lipinski definition) is 8. The summed E-state index contributed by atoms with van der Waals surface area (Å²) < 4.78 is 0.687. The number of carbonyl (C=O) groups is 2. The van der Waals surface area contributed by atoms with Crippen molar-refractivity contribution in [3.8, 4) is 0 Å². The number of carbonyl (C=O) groups excluding carboxylic acids is 2. The van der Waals surface area contributed by atoms with Gasteiger partial charge in [0.2, 0.25) is 5.95 Å². The van der Waals surface area contributed by atoms with Crippen molar-refractivity contribution in [3.63, 3.8) is 0 Å². The number of hydrogen-bond donors (Lipinski definition) is 1. The van der Waals surface area contributed by atoms with E-state index in [-0.39, 0.29) is 23.7 Å². The third-order valence-electron chi connectivity index (χ3n) is 6.36. The predicted octanol–water partition coefficient (Wildman–Crippen LogP) is 4.92. The Bertz CT molecular complexity index is 1430. The van der Waals surface area contributed by atoms with Gasteiger partial charge in [0, 0.05) is 43.4 Å². The number of rotatable bonds is 7. The fraction of sp³-hybridized carbons (Fsp3) is 0.333. The van der Waals surface area contributed by atoms with Crippen LogP contribution in [0.3, 0.4) is 0 Å². The molecule has 1 saturated heterocycles. The number of aromatic nitrogens is 4. The van der Waals surface area contributed by atoms with Crippen LogP contribution in [0.25, 0.3) is 10.3 Å². The second-order valence-electron chi connectivity index (χ2n) is 9.51. The van der Waals surface area contributed by atoms with Gasteiger partial charge in [0.1, 0.15) is 4.70 Å². The van der Waals surface area contributed by atoms with Gasteiger partial charge >= 0.3 is 0 Å². The number of fused-ring (bicyclic) bond motifs is 1. The topological polar surface area (TPSA) is 101 Å². The molecule has 1 aliphatic heterocycles. The van der Waals surface area contributed by atoms with Crippen molar-refractivity contribution in [2.24, 2.45) is 5.92 Å². The number of thiazole rings is 1. The number of anilines is 1. The van der Waals surface area contributed by atoms with Crippen molar-refractivity contribution in [3.05, 3.63) is 75.7 Å². The highest BCUT2D eigenvalue weighted by Gasteiger charge is 2.35. The van der Waals surface area contributed by atoms with Gasteiger partial charge in [0.15, 0.2) is 17.1 Å². The summed E-state index contributed by atoms with van der Waals surface area (Å²) in [6, 6.07) is 9.68. The molecular weight excluding hydrogens is 472 g/mol. The molecule has 1 amide bonds. The van der Waals surface area contributed by atoms with E-state index in [1.165, 1.54) is 11.3 Å². The molecule has 5 rings (SSSR count). The quantitative estimate of drug-likeness (QED) is 0.359. The number of pyridine rings is 1. The number of benzene rings is 1. The summed E-state index contributed by atoms with van der Waals surface area (Å²) in [5.41, 5.74) is 4.76. The Kier molecular flexibility index (Phi) is 6.49. The largest absolute Gasteiger partial charge is 0.348 e. The first-order valence-electron chi connectivity index (χ1n) is 12.0. The summed E-state index contributed by atoms with van der Waals surface area (Å²) in [7, 11) is 0. The number of Topliss-reactive ketones (excluding diaryl/α,β-unsaturated/α-hetero) is 1. The highest BCUT2D eigenvalue weighted by molar-refractivity contribution is 7.18. The Labute approximate surface area is 213 Å². The Hall–Kier alpha value is -3.72. The van der Waals surface area contributed by atoms with E-state index in [9.17, 15) is 9.59 Å². The van der Waals surface area contributed by atoms with E-state index < -0.39 is 0 Å². The number of nitrogens with zero attached hydrogens (tertiary/aromatic N) is 5. The minimum atomic E-state index is -0.154. The van der Waals surface area contributed by atoms with Crippen LogP contribution in [-0.4, -0.2) is 49.6 Å². The molecule has 1 N–H and O–H groups in total. The van der Waals surface area contributed by atoms with Crippen molar-refractivity contribution >= 4 is 39.3 Å². The Morgan fingerprint density at radius 1 is 1.11 bits per heavy atom. The van der Waals surface area contributed by atoms with E-state index in [1.807, 2.05) is 52.0 Å². The molecule has 0 aliphatic carbocycles. The van der Waals surface area contributed by atoms with Crippen LogP contribution in [-0.2, 0) is 0 Å². The molecule has 0 spiro atoms. The number of ketones is 1. The molecule has 0 unspecified atom stereocenters. The minimum absolute atomic E-state index is 0.0940. The average Bonchev–Trinajstić information content (AvgIpc) is 3.20. The van der Waals surface area contributed by atoms with Crippen LogP contribution in [0.15, 0.2) is 42.7 Å². The lowest BCUT2D eigenvalue weighted by molar-refractivity contribution is 0.0466. The van der Waals surface area contributed by atoms with Crippen LogP contribution in [0.1, 0.15) is 61.9 Å². The number of nitrogens with one attached hydrogen (secondary N) is 1. The van der Waals surface area contributed by atoms with Crippen molar-refractivity contribution in [1.29, 1.82) is 0 Å². The van der Waals surface area contributed by atoms with Gasteiger partial charge in [-0.25, -0.2) is 9.97 Å². The standard InChI is InChI=1S/C27H28N6O2S/c1-15-8-16(2)10-21(9-15)22(34)11-19-13-33(14-19)26(35)23-24-25(30-18(4)36-24)32-27(31-23)29-17(3)20-6-5-7-28-12-20/h5-10,12,17,19H,11,13-14H2,1-4H3,(H,29,31,32)/t17-/m0/s1. The molecule has 4 heterocycles. The smallest absolute Gasteiger partial charge is 0.274 e. The average molecular weight is 501 g/mol. The molecule has 1 aromatic carbocycles. The summed E-state index contributed by atoms with van der Waals surface area (Å²) in [6.07, 6.45) is 3.94. The van der Waals surface area contributed by atoms with Crippen LogP contribution in [0.4, 0.5) is 5.95 Å². The Morgan fingerprint density at radius 2 is 1.86 bits per heavy atom. The molecule has 1 fully saturated rings. The van der Waals surface area contributed by atoms with Gasteiger partial charge in [-0.1, -0.05) is 23.3 Å². The SMILES string of the molecule is Cc1cc(C)cc(C(=O)CC2CN(C(=O)c3nc(N[C@@H](C)c4cccnc4)nc4nc(C)sc34)C2)c1. The van der Waals surface area contributed by atoms with Crippen LogP contribution in [0.5, 0.6) is 0 Å². The zero-order valence-corrected chi connectivity index (χ0v) is 21.6. The lowest BCUT2D eigenvalue weighted by Gasteiger charge is -2.38. The van der Waals surface area contributed by atoms with E-state index >= 15 is 0 Å². The zero-order valence-electron chi connectivity index (χ0n) is 20.8. The lowest BCUT2D eigenvalue weighted by atomic mass is 9.90. The van der Waals surface area contributed by atoms with E-state index in [0.717, 1.165) is 27.3 Å². The van der Waals surface area contributed by atoms with Crippen molar-refractivity contribution in [1.82, 2.24) is 24.8 Å². The van der Waals surface area contributed by atoms with Crippen LogP contribution in [0, 0.1) is 26.7 Å². The Morgan fingerprint density at radius 3 is 2.56 bits per heavy atom. The summed E-state index contributed by atoms with van der Waals surface area (Å²) in [5, 5.41) is 4.10. The summed E-state index contributed by atoms with van der Waals surface area (Å²) in [5.74, 6) is 0.469. The van der Waals surface area contributed by atoms with Gasteiger partial charge in [-0.2, -0.15) is 4.98 Å². The van der Waals surface area contributed by atoms with Crippen molar-refractivity contribution in [2.45, 2.75) is 40.2 Å². The van der Waals surface area contributed by atoms with E-state index in [2.05, 4.69) is 31.3 Å². The van der Waals surface area contributed by atoms with E-state index in [4.69, 9.17) is 0 Å². The summed E-state index contributed by atoms with van der Waals surface area (Å²) in [6.45, 7) is 8.95. The normalized spacial score (nSPS) is 14.5. The molecule has 0 bridgehead atoms. The Balaban J connectivity index is 1.30. The van der Waals surface area contributed by atoms with Crippen molar-refractivity contribution < 1.29 is 9.59 Å².